The van der Waals surface area contributed by atoms with Crippen LogP contribution in [0.4, 0.5) is 11.6 Å². The third-order valence-electron chi connectivity index (χ3n) is 2.13. The monoisotopic (exact) mass is 362 g/mol. The van der Waals surface area contributed by atoms with Crippen LogP contribution in [0.25, 0.3) is 0 Å². The van der Waals surface area contributed by atoms with Crippen LogP contribution in [0, 0.1) is 0 Å². The van der Waals surface area contributed by atoms with E-state index in [1.54, 1.807) is 0 Å². The first-order valence-corrected chi connectivity index (χ1v) is 7.60. The first-order chi connectivity index (χ1) is 8.88. The Hall–Kier alpha value is -1.38. The van der Waals surface area contributed by atoms with E-state index in [0.717, 1.165) is 0 Å². The second-order valence-corrected chi connectivity index (χ2v) is 6.42. The maximum Gasteiger partial charge on any atom is 0.264 e. The summed E-state index contributed by atoms with van der Waals surface area (Å²) in [6, 6.07) is 5.70. The molecule has 0 unspecified atom stereocenters. The summed E-state index contributed by atoms with van der Waals surface area (Å²) in [6.45, 7) is 0. The van der Waals surface area contributed by atoms with Crippen molar-refractivity contribution in [2.45, 2.75) is 4.90 Å². The molecule has 0 aliphatic carbocycles. The van der Waals surface area contributed by atoms with Crippen molar-refractivity contribution >= 4 is 49.2 Å². The van der Waals surface area contributed by atoms with E-state index in [9.17, 15) is 8.42 Å². The highest BCUT2D eigenvalue weighted by molar-refractivity contribution is 9.10. The smallest absolute Gasteiger partial charge is 0.264 e. The van der Waals surface area contributed by atoms with Gasteiger partial charge < -0.3 is 5.73 Å². The zero-order valence-electron chi connectivity index (χ0n) is 9.34. The van der Waals surface area contributed by atoms with Gasteiger partial charge in [-0.05, 0) is 40.2 Å². The lowest BCUT2D eigenvalue weighted by Crippen LogP contribution is -2.15. The predicted octanol–water partition coefficient (Wildman–Crippen LogP) is 2.28. The summed E-state index contributed by atoms with van der Waals surface area (Å²) < 4.78 is 26.9. The molecule has 1 aromatic heterocycles. The normalized spacial score (nSPS) is 11.3. The number of benzene rings is 1. The van der Waals surface area contributed by atoms with Gasteiger partial charge in [-0.25, -0.2) is 23.1 Å². The molecule has 0 fully saturated rings. The maximum absolute atomic E-state index is 12.1. The molecule has 2 aromatic rings. The summed E-state index contributed by atoms with van der Waals surface area (Å²) in [6.07, 6.45) is 1.35. The van der Waals surface area contributed by atoms with Gasteiger partial charge in [0, 0.05) is 16.4 Å². The summed E-state index contributed by atoms with van der Waals surface area (Å²) in [5.41, 5.74) is 6.04. The van der Waals surface area contributed by atoms with Crippen LogP contribution in [0.1, 0.15) is 0 Å². The highest BCUT2D eigenvalue weighted by atomic mass is 79.9. The van der Waals surface area contributed by atoms with E-state index in [4.69, 9.17) is 17.3 Å². The quantitative estimate of drug-likeness (QED) is 0.644. The Morgan fingerprint density at radius 3 is 2.68 bits per heavy atom. The molecule has 19 heavy (non-hydrogen) atoms. The molecule has 100 valence electrons. The van der Waals surface area contributed by atoms with Gasteiger partial charge in [0.1, 0.15) is 5.15 Å². The highest BCUT2D eigenvalue weighted by Crippen LogP contribution is 2.24. The first-order valence-electron chi connectivity index (χ1n) is 4.95. The highest BCUT2D eigenvalue weighted by Gasteiger charge is 2.16. The van der Waals surface area contributed by atoms with E-state index >= 15 is 0 Å². The molecule has 6 nitrogen and oxygen atoms in total. The molecule has 0 saturated carbocycles. The fourth-order valence-electron chi connectivity index (χ4n) is 1.24. The summed E-state index contributed by atoms with van der Waals surface area (Å²) in [5.74, 6) is -0.0968. The average molecular weight is 364 g/mol. The number of nitrogens with two attached hydrogens (primary N) is 1. The minimum absolute atomic E-state index is 0.0390. The Bertz CT molecular complexity index is 723. The molecule has 0 saturated heterocycles. The van der Waals surface area contributed by atoms with Gasteiger partial charge in [-0.15, -0.1) is 0 Å². The van der Waals surface area contributed by atoms with Crippen LogP contribution in [0.15, 0.2) is 39.8 Å². The molecule has 2 rings (SSSR count). The van der Waals surface area contributed by atoms with Gasteiger partial charge in [0.15, 0.2) is 0 Å². The largest absolute Gasteiger partial charge is 0.398 e. The van der Waals surface area contributed by atoms with E-state index in [1.807, 2.05) is 0 Å². The summed E-state index contributed by atoms with van der Waals surface area (Å²) in [4.78, 5) is 7.56. The number of sulfonamides is 1. The van der Waals surface area contributed by atoms with Crippen molar-refractivity contribution in [2.24, 2.45) is 0 Å². The molecular formula is C10H8BrClN4O2S. The van der Waals surface area contributed by atoms with E-state index in [0.29, 0.717) is 10.2 Å². The van der Waals surface area contributed by atoms with Gasteiger partial charge in [0.25, 0.3) is 10.0 Å². The number of rotatable bonds is 3. The predicted molar refractivity (Wildman–Crippen MR) is 76.4 cm³/mol. The van der Waals surface area contributed by atoms with E-state index in [1.165, 1.54) is 30.5 Å². The van der Waals surface area contributed by atoms with Crippen molar-refractivity contribution in [3.05, 3.63) is 40.1 Å². The molecule has 0 radical (unpaired) electrons. The van der Waals surface area contributed by atoms with Crippen molar-refractivity contribution in [1.29, 1.82) is 0 Å². The molecule has 3 N–H and O–H groups in total. The Morgan fingerprint density at radius 1 is 1.32 bits per heavy atom. The minimum atomic E-state index is -3.79. The van der Waals surface area contributed by atoms with Crippen LogP contribution >= 0.6 is 27.5 Å². The van der Waals surface area contributed by atoms with Crippen molar-refractivity contribution in [1.82, 2.24) is 9.97 Å². The second-order valence-electron chi connectivity index (χ2n) is 3.49. The van der Waals surface area contributed by atoms with Crippen molar-refractivity contribution in [3.63, 3.8) is 0 Å². The van der Waals surface area contributed by atoms with Crippen LogP contribution in [0.3, 0.4) is 0 Å². The van der Waals surface area contributed by atoms with Crippen molar-refractivity contribution in [3.8, 4) is 0 Å². The van der Waals surface area contributed by atoms with Gasteiger partial charge in [-0.2, -0.15) is 0 Å². The number of nitrogens with zero attached hydrogens (tertiary/aromatic N) is 2. The van der Waals surface area contributed by atoms with Gasteiger partial charge in [-0.1, -0.05) is 11.6 Å². The van der Waals surface area contributed by atoms with Gasteiger partial charge in [-0.3, -0.25) is 0 Å². The molecule has 1 aromatic carbocycles. The number of nitrogen functional groups attached to an aromatic ring is 1. The first kappa shape index (κ1) is 14.0. The van der Waals surface area contributed by atoms with E-state index in [-0.39, 0.29) is 16.0 Å². The van der Waals surface area contributed by atoms with Crippen LogP contribution in [-0.2, 0) is 10.0 Å². The van der Waals surface area contributed by atoms with Gasteiger partial charge in [0.2, 0.25) is 5.95 Å². The number of anilines is 2. The molecule has 0 aliphatic rings. The molecule has 0 spiro atoms. The zero-order valence-corrected chi connectivity index (χ0v) is 12.5. The lowest BCUT2D eigenvalue weighted by molar-refractivity contribution is 0.601. The Kier molecular flexibility index (Phi) is 3.93. The van der Waals surface area contributed by atoms with Crippen LogP contribution in [-0.4, -0.2) is 18.4 Å². The molecule has 0 aliphatic heterocycles. The lowest BCUT2D eigenvalue weighted by Gasteiger charge is -2.07. The lowest BCUT2D eigenvalue weighted by atomic mass is 10.3. The Morgan fingerprint density at radius 2 is 2.05 bits per heavy atom. The molecule has 9 heteroatoms. The Balaban J connectivity index is 2.35. The van der Waals surface area contributed by atoms with Crippen LogP contribution in [0.2, 0.25) is 5.15 Å². The van der Waals surface area contributed by atoms with E-state index in [2.05, 4.69) is 30.6 Å². The van der Waals surface area contributed by atoms with Gasteiger partial charge in [0.05, 0.1) is 4.90 Å². The topological polar surface area (TPSA) is 98.0 Å². The minimum Gasteiger partial charge on any atom is -0.398 e. The number of hydrogen-bond donors (Lipinski definition) is 2. The fourth-order valence-corrected chi connectivity index (χ4v) is 2.88. The van der Waals surface area contributed by atoms with E-state index < -0.39 is 10.0 Å². The maximum atomic E-state index is 12.1. The van der Waals surface area contributed by atoms with Crippen LogP contribution < -0.4 is 10.5 Å². The number of hydrogen-bond acceptors (Lipinski definition) is 5. The average Bonchev–Trinajstić information content (AvgIpc) is 2.32. The van der Waals surface area contributed by atoms with Crippen LogP contribution in [0.5, 0.6) is 0 Å². The molecule has 0 bridgehead atoms. The molecular weight excluding hydrogens is 356 g/mol. The number of aromatic nitrogens is 2. The fraction of sp³-hybridized carbons (Fsp3) is 0. The molecule has 0 amide bonds. The summed E-state index contributed by atoms with van der Waals surface area (Å²) in [7, 11) is -3.79. The summed E-state index contributed by atoms with van der Waals surface area (Å²) in [5, 5.41) is 0.145. The zero-order chi connectivity index (χ0) is 14.0. The van der Waals surface area contributed by atoms with Crippen molar-refractivity contribution < 1.29 is 8.42 Å². The van der Waals surface area contributed by atoms with Gasteiger partial charge >= 0.3 is 0 Å². The van der Waals surface area contributed by atoms with Crippen molar-refractivity contribution in [2.75, 3.05) is 10.5 Å². The molecule has 1 heterocycles. The SMILES string of the molecule is Nc1ccc(S(=O)(=O)Nc2nccc(Cl)n2)cc1Br. The standard InChI is InChI=1S/C10H8BrClN4O2S/c11-7-5-6(1-2-8(7)13)19(17,18)16-10-14-4-3-9(12)15-10/h1-5H,13H2,(H,14,15,16). The summed E-state index contributed by atoms with van der Waals surface area (Å²) >= 11 is 8.82. The number of halogens is 2. The number of nitrogens with one attached hydrogen (secondary N) is 1. The Labute approximate surface area is 123 Å². The third kappa shape index (κ3) is 3.34. The third-order valence-corrected chi connectivity index (χ3v) is 4.35. The second kappa shape index (κ2) is 5.32. The molecule has 0 atom stereocenters.